The number of nitrogens with zero attached hydrogens (tertiary/aromatic N) is 5. The SMILES string of the molecule is Cc1cc(C)n(-c2ccc(C(=O)OCC(=O)N(CCC#N)c3ccccc3)cn2)n1. The standard InChI is InChI=1S/C22H21N5O3/c1-16-13-17(2)27(25-16)20-10-9-18(14-24-20)22(29)30-15-21(28)26(12-6-11-23)19-7-4-3-5-8-19/h3-5,7-10,13-14H,6,12,15H2,1-2H3. The third-order valence-electron chi connectivity index (χ3n) is 4.35. The van der Waals surface area contributed by atoms with Crippen LogP contribution in [0.4, 0.5) is 5.69 Å². The number of aromatic nitrogens is 3. The van der Waals surface area contributed by atoms with Gasteiger partial charge in [0, 0.05) is 24.1 Å². The lowest BCUT2D eigenvalue weighted by Crippen LogP contribution is -2.35. The van der Waals surface area contributed by atoms with Crippen molar-refractivity contribution in [3.8, 4) is 11.9 Å². The van der Waals surface area contributed by atoms with Crippen molar-refractivity contribution >= 4 is 17.6 Å². The summed E-state index contributed by atoms with van der Waals surface area (Å²) in [6.45, 7) is 3.59. The number of esters is 1. The van der Waals surface area contributed by atoms with E-state index in [9.17, 15) is 9.59 Å². The Kier molecular flexibility index (Phi) is 6.55. The maximum atomic E-state index is 12.6. The molecule has 3 aromatic rings. The van der Waals surface area contributed by atoms with Gasteiger partial charge in [0.25, 0.3) is 5.91 Å². The van der Waals surface area contributed by atoms with Gasteiger partial charge in [-0.05, 0) is 44.2 Å². The maximum absolute atomic E-state index is 12.6. The number of anilines is 1. The van der Waals surface area contributed by atoms with Crippen molar-refractivity contribution in [1.82, 2.24) is 14.8 Å². The third-order valence-corrected chi connectivity index (χ3v) is 4.35. The molecular formula is C22H21N5O3. The van der Waals surface area contributed by atoms with Gasteiger partial charge in [-0.3, -0.25) is 4.79 Å². The van der Waals surface area contributed by atoms with Gasteiger partial charge in [0.15, 0.2) is 12.4 Å². The predicted molar refractivity (Wildman–Crippen MR) is 110 cm³/mol. The lowest BCUT2D eigenvalue weighted by Gasteiger charge is -2.21. The second-order valence-corrected chi connectivity index (χ2v) is 6.61. The van der Waals surface area contributed by atoms with Gasteiger partial charge < -0.3 is 9.64 Å². The number of ether oxygens (including phenoxy) is 1. The zero-order valence-corrected chi connectivity index (χ0v) is 16.8. The Hall–Kier alpha value is -3.99. The van der Waals surface area contributed by atoms with Crippen LogP contribution in [0.15, 0.2) is 54.7 Å². The highest BCUT2D eigenvalue weighted by Crippen LogP contribution is 2.15. The molecule has 0 aliphatic carbocycles. The summed E-state index contributed by atoms with van der Waals surface area (Å²) in [6, 6.07) is 16.1. The normalized spacial score (nSPS) is 10.3. The third kappa shape index (κ3) is 4.89. The monoisotopic (exact) mass is 403 g/mol. The molecule has 0 saturated heterocycles. The van der Waals surface area contributed by atoms with Crippen molar-refractivity contribution in [3.05, 3.63) is 71.7 Å². The number of aryl methyl sites for hydroxylation is 2. The van der Waals surface area contributed by atoms with Crippen LogP contribution in [0, 0.1) is 25.2 Å². The highest BCUT2D eigenvalue weighted by atomic mass is 16.5. The largest absolute Gasteiger partial charge is 0.452 e. The maximum Gasteiger partial charge on any atom is 0.340 e. The van der Waals surface area contributed by atoms with Crippen molar-refractivity contribution < 1.29 is 14.3 Å². The molecule has 2 heterocycles. The van der Waals surface area contributed by atoms with Crippen LogP contribution < -0.4 is 4.90 Å². The first-order valence-corrected chi connectivity index (χ1v) is 9.39. The molecule has 0 radical (unpaired) electrons. The van der Waals surface area contributed by atoms with Crippen LogP contribution >= 0.6 is 0 Å². The van der Waals surface area contributed by atoms with Crippen LogP contribution in [-0.2, 0) is 9.53 Å². The fourth-order valence-electron chi connectivity index (χ4n) is 2.95. The second kappa shape index (κ2) is 9.47. The Morgan fingerprint density at radius 2 is 1.93 bits per heavy atom. The first-order chi connectivity index (χ1) is 14.5. The Morgan fingerprint density at radius 1 is 1.17 bits per heavy atom. The Balaban J connectivity index is 1.64. The smallest absolute Gasteiger partial charge is 0.340 e. The summed E-state index contributed by atoms with van der Waals surface area (Å²) in [5.41, 5.74) is 2.68. The minimum Gasteiger partial charge on any atom is -0.452 e. The molecule has 0 fully saturated rings. The molecule has 0 N–H and O–H groups in total. The molecule has 0 aliphatic heterocycles. The number of amides is 1. The topological polar surface area (TPSA) is 101 Å². The highest BCUT2D eigenvalue weighted by Gasteiger charge is 2.18. The molecule has 0 spiro atoms. The van der Waals surface area contributed by atoms with Gasteiger partial charge in [0.2, 0.25) is 0 Å². The van der Waals surface area contributed by atoms with E-state index in [4.69, 9.17) is 10.00 Å². The van der Waals surface area contributed by atoms with E-state index in [0.717, 1.165) is 11.4 Å². The summed E-state index contributed by atoms with van der Waals surface area (Å²) in [6.07, 6.45) is 1.57. The molecule has 3 rings (SSSR count). The molecular weight excluding hydrogens is 382 g/mol. The molecule has 1 amide bonds. The summed E-state index contributed by atoms with van der Waals surface area (Å²) >= 11 is 0. The first-order valence-electron chi connectivity index (χ1n) is 9.39. The van der Waals surface area contributed by atoms with Crippen LogP contribution in [-0.4, -0.2) is 39.8 Å². The quantitative estimate of drug-likeness (QED) is 0.562. The molecule has 0 saturated carbocycles. The van der Waals surface area contributed by atoms with E-state index >= 15 is 0 Å². The van der Waals surface area contributed by atoms with E-state index in [2.05, 4.69) is 10.1 Å². The summed E-state index contributed by atoms with van der Waals surface area (Å²) in [5, 5.41) is 13.2. The molecule has 30 heavy (non-hydrogen) atoms. The molecule has 8 nitrogen and oxygen atoms in total. The zero-order chi connectivity index (χ0) is 21.5. The average Bonchev–Trinajstić information content (AvgIpc) is 3.11. The summed E-state index contributed by atoms with van der Waals surface area (Å²) in [7, 11) is 0. The second-order valence-electron chi connectivity index (χ2n) is 6.61. The number of rotatable bonds is 7. The lowest BCUT2D eigenvalue weighted by molar-refractivity contribution is -0.121. The summed E-state index contributed by atoms with van der Waals surface area (Å²) in [5.74, 6) is -0.471. The van der Waals surface area contributed by atoms with Crippen molar-refractivity contribution in [2.45, 2.75) is 20.3 Å². The number of nitriles is 1. The lowest BCUT2D eigenvalue weighted by atomic mass is 10.2. The number of carbonyl (C=O) groups is 2. The number of pyridine rings is 1. The minimum absolute atomic E-state index is 0.173. The molecule has 152 valence electrons. The number of benzene rings is 1. The Labute approximate surface area is 174 Å². The molecule has 0 bridgehead atoms. The van der Waals surface area contributed by atoms with Gasteiger partial charge in [-0.25, -0.2) is 14.5 Å². The van der Waals surface area contributed by atoms with E-state index in [1.54, 1.807) is 41.1 Å². The van der Waals surface area contributed by atoms with Crippen molar-refractivity contribution in [1.29, 1.82) is 5.26 Å². The van der Waals surface area contributed by atoms with E-state index in [-0.39, 0.29) is 18.5 Å². The molecule has 0 atom stereocenters. The zero-order valence-electron chi connectivity index (χ0n) is 16.8. The minimum atomic E-state index is -0.649. The van der Waals surface area contributed by atoms with Crippen LogP contribution in [0.25, 0.3) is 5.82 Å². The average molecular weight is 403 g/mol. The van der Waals surface area contributed by atoms with Crippen LogP contribution in [0.3, 0.4) is 0 Å². The first kappa shape index (κ1) is 20.7. The van der Waals surface area contributed by atoms with E-state index in [1.165, 1.54) is 11.1 Å². The van der Waals surface area contributed by atoms with Crippen LogP contribution in [0.5, 0.6) is 0 Å². The molecule has 8 heteroatoms. The van der Waals surface area contributed by atoms with Gasteiger partial charge in [-0.2, -0.15) is 10.4 Å². The van der Waals surface area contributed by atoms with E-state index < -0.39 is 18.5 Å². The molecule has 0 aliphatic rings. The Morgan fingerprint density at radius 3 is 2.53 bits per heavy atom. The van der Waals surface area contributed by atoms with Gasteiger partial charge in [-0.15, -0.1) is 0 Å². The Bertz CT molecular complexity index is 1070. The van der Waals surface area contributed by atoms with Crippen molar-refractivity contribution in [2.75, 3.05) is 18.1 Å². The number of carbonyl (C=O) groups excluding carboxylic acids is 2. The number of hydrogen-bond acceptors (Lipinski definition) is 6. The van der Waals surface area contributed by atoms with E-state index in [1.807, 2.05) is 32.0 Å². The van der Waals surface area contributed by atoms with Crippen LogP contribution in [0.1, 0.15) is 28.2 Å². The number of para-hydroxylation sites is 1. The van der Waals surface area contributed by atoms with Crippen molar-refractivity contribution in [2.24, 2.45) is 0 Å². The van der Waals surface area contributed by atoms with Gasteiger partial charge in [0.1, 0.15) is 0 Å². The summed E-state index contributed by atoms with van der Waals surface area (Å²) < 4.78 is 6.85. The highest BCUT2D eigenvalue weighted by molar-refractivity contribution is 5.97. The predicted octanol–water partition coefficient (Wildman–Crippen LogP) is 2.99. The molecule has 2 aromatic heterocycles. The van der Waals surface area contributed by atoms with Crippen molar-refractivity contribution in [3.63, 3.8) is 0 Å². The van der Waals surface area contributed by atoms with Gasteiger partial charge in [-0.1, -0.05) is 18.2 Å². The fourth-order valence-corrected chi connectivity index (χ4v) is 2.95. The number of hydrogen-bond donors (Lipinski definition) is 0. The van der Waals surface area contributed by atoms with Gasteiger partial charge >= 0.3 is 5.97 Å². The van der Waals surface area contributed by atoms with E-state index in [0.29, 0.717) is 11.5 Å². The van der Waals surface area contributed by atoms with Crippen LogP contribution in [0.2, 0.25) is 0 Å². The molecule has 0 unspecified atom stereocenters. The summed E-state index contributed by atoms with van der Waals surface area (Å²) in [4.78, 5) is 30.6. The fraction of sp³-hybridized carbons (Fsp3) is 0.227. The molecule has 1 aromatic carbocycles. The van der Waals surface area contributed by atoms with Gasteiger partial charge in [0.05, 0.1) is 23.7 Å².